The standard InChI is InChI=1S/C9H16N4/c1-6(2)8-9(12-7(3)4)10-5-11-13-8/h5-7H,1-4H3,(H,10,11,12). The highest BCUT2D eigenvalue weighted by Gasteiger charge is 2.09. The third-order valence-corrected chi connectivity index (χ3v) is 1.62. The lowest BCUT2D eigenvalue weighted by atomic mass is 10.1. The van der Waals surface area contributed by atoms with Crippen LogP contribution in [0.2, 0.25) is 0 Å². The monoisotopic (exact) mass is 180 g/mol. The van der Waals surface area contributed by atoms with E-state index < -0.39 is 0 Å². The van der Waals surface area contributed by atoms with Crippen molar-refractivity contribution >= 4 is 5.82 Å². The zero-order chi connectivity index (χ0) is 9.84. The van der Waals surface area contributed by atoms with Crippen molar-refractivity contribution in [3.05, 3.63) is 12.0 Å². The number of rotatable bonds is 3. The van der Waals surface area contributed by atoms with Crippen molar-refractivity contribution in [3.63, 3.8) is 0 Å². The van der Waals surface area contributed by atoms with Crippen LogP contribution in [0.4, 0.5) is 5.82 Å². The maximum absolute atomic E-state index is 4.16. The number of nitrogens with zero attached hydrogens (tertiary/aromatic N) is 3. The molecule has 0 aliphatic carbocycles. The molecule has 72 valence electrons. The Morgan fingerprint density at radius 1 is 1.23 bits per heavy atom. The third kappa shape index (κ3) is 2.65. The van der Waals surface area contributed by atoms with Crippen molar-refractivity contribution in [1.82, 2.24) is 15.2 Å². The smallest absolute Gasteiger partial charge is 0.152 e. The summed E-state index contributed by atoms with van der Waals surface area (Å²) in [5.74, 6) is 1.20. The highest BCUT2D eigenvalue weighted by molar-refractivity contribution is 5.40. The summed E-state index contributed by atoms with van der Waals surface area (Å²) in [5, 5.41) is 11.1. The Balaban J connectivity index is 2.91. The van der Waals surface area contributed by atoms with Crippen molar-refractivity contribution in [2.24, 2.45) is 0 Å². The predicted molar refractivity (Wildman–Crippen MR) is 52.7 cm³/mol. The lowest BCUT2D eigenvalue weighted by Gasteiger charge is -2.13. The first-order valence-electron chi connectivity index (χ1n) is 4.55. The molecule has 1 aromatic rings. The van der Waals surface area contributed by atoms with Gasteiger partial charge in [-0.3, -0.25) is 0 Å². The van der Waals surface area contributed by atoms with Gasteiger partial charge in [0, 0.05) is 12.0 Å². The van der Waals surface area contributed by atoms with Crippen LogP contribution < -0.4 is 5.32 Å². The van der Waals surface area contributed by atoms with Crippen LogP contribution in [0.1, 0.15) is 39.3 Å². The summed E-state index contributed by atoms with van der Waals surface area (Å²) < 4.78 is 0. The van der Waals surface area contributed by atoms with Crippen LogP contribution in [0.15, 0.2) is 6.33 Å². The number of aromatic nitrogens is 3. The fourth-order valence-corrected chi connectivity index (χ4v) is 1.06. The topological polar surface area (TPSA) is 50.7 Å². The molecular weight excluding hydrogens is 164 g/mol. The first-order valence-corrected chi connectivity index (χ1v) is 4.55. The Morgan fingerprint density at radius 2 is 1.92 bits per heavy atom. The van der Waals surface area contributed by atoms with Crippen LogP contribution in [0.3, 0.4) is 0 Å². The first-order chi connectivity index (χ1) is 6.11. The van der Waals surface area contributed by atoms with Gasteiger partial charge < -0.3 is 5.32 Å². The van der Waals surface area contributed by atoms with Gasteiger partial charge in [-0.1, -0.05) is 13.8 Å². The minimum atomic E-state index is 0.349. The van der Waals surface area contributed by atoms with Crippen LogP contribution in [-0.4, -0.2) is 21.2 Å². The molecular formula is C9H16N4. The van der Waals surface area contributed by atoms with E-state index in [2.05, 4.69) is 48.2 Å². The van der Waals surface area contributed by atoms with Crippen LogP contribution in [0.5, 0.6) is 0 Å². The molecule has 1 aromatic heterocycles. The Hall–Kier alpha value is -1.19. The van der Waals surface area contributed by atoms with Gasteiger partial charge in [-0.15, -0.1) is 10.2 Å². The summed E-state index contributed by atoms with van der Waals surface area (Å²) in [4.78, 5) is 4.16. The number of hydrogen-bond acceptors (Lipinski definition) is 4. The Kier molecular flexibility index (Phi) is 3.17. The van der Waals surface area contributed by atoms with Crippen LogP contribution in [0.25, 0.3) is 0 Å². The van der Waals surface area contributed by atoms with E-state index in [4.69, 9.17) is 0 Å². The summed E-state index contributed by atoms with van der Waals surface area (Å²) in [6, 6.07) is 0.370. The van der Waals surface area contributed by atoms with Crippen LogP contribution in [0, 0.1) is 0 Å². The summed E-state index contributed by atoms with van der Waals surface area (Å²) in [7, 11) is 0. The molecule has 0 unspecified atom stereocenters. The fraction of sp³-hybridized carbons (Fsp3) is 0.667. The van der Waals surface area contributed by atoms with E-state index in [1.54, 1.807) is 0 Å². The van der Waals surface area contributed by atoms with Gasteiger partial charge in [-0.05, 0) is 13.8 Å². The van der Waals surface area contributed by atoms with E-state index in [-0.39, 0.29) is 0 Å². The minimum Gasteiger partial charge on any atom is -0.366 e. The minimum absolute atomic E-state index is 0.349. The molecule has 0 bridgehead atoms. The molecule has 0 amide bonds. The first kappa shape index (κ1) is 9.89. The molecule has 4 heteroatoms. The van der Waals surface area contributed by atoms with E-state index in [0.29, 0.717) is 12.0 Å². The van der Waals surface area contributed by atoms with Gasteiger partial charge >= 0.3 is 0 Å². The SMILES string of the molecule is CC(C)Nc1ncnnc1C(C)C. The molecule has 0 radical (unpaired) electrons. The van der Waals surface area contributed by atoms with Crippen molar-refractivity contribution in [1.29, 1.82) is 0 Å². The largest absolute Gasteiger partial charge is 0.366 e. The van der Waals surface area contributed by atoms with Crippen LogP contribution in [-0.2, 0) is 0 Å². The molecule has 1 rings (SSSR count). The van der Waals surface area contributed by atoms with E-state index >= 15 is 0 Å². The van der Waals surface area contributed by atoms with Gasteiger partial charge in [-0.25, -0.2) is 4.98 Å². The second kappa shape index (κ2) is 4.16. The zero-order valence-electron chi connectivity index (χ0n) is 8.57. The normalized spacial score (nSPS) is 10.9. The number of hydrogen-bond donors (Lipinski definition) is 1. The summed E-state index contributed by atoms with van der Waals surface area (Å²) in [6.45, 7) is 8.31. The highest BCUT2D eigenvalue weighted by Crippen LogP contribution is 2.18. The number of anilines is 1. The second-order valence-corrected chi connectivity index (χ2v) is 3.65. The van der Waals surface area contributed by atoms with Crippen molar-refractivity contribution < 1.29 is 0 Å². The Morgan fingerprint density at radius 3 is 2.46 bits per heavy atom. The molecule has 0 saturated heterocycles. The molecule has 1 heterocycles. The van der Waals surface area contributed by atoms with Gasteiger partial charge in [0.2, 0.25) is 0 Å². The second-order valence-electron chi connectivity index (χ2n) is 3.65. The van der Waals surface area contributed by atoms with E-state index in [1.807, 2.05) is 0 Å². The summed E-state index contributed by atoms with van der Waals surface area (Å²) in [5.41, 5.74) is 0.927. The lowest BCUT2D eigenvalue weighted by Crippen LogP contribution is -2.14. The molecule has 0 saturated carbocycles. The van der Waals surface area contributed by atoms with Crippen LogP contribution >= 0.6 is 0 Å². The van der Waals surface area contributed by atoms with Gasteiger partial charge in [0.1, 0.15) is 12.0 Å². The third-order valence-electron chi connectivity index (χ3n) is 1.62. The fourth-order valence-electron chi connectivity index (χ4n) is 1.06. The van der Waals surface area contributed by atoms with E-state index in [1.165, 1.54) is 6.33 Å². The average molecular weight is 180 g/mol. The van der Waals surface area contributed by atoms with Gasteiger partial charge in [0.25, 0.3) is 0 Å². The lowest BCUT2D eigenvalue weighted by molar-refractivity contribution is 0.758. The van der Waals surface area contributed by atoms with Gasteiger partial charge in [-0.2, -0.15) is 0 Å². The molecule has 13 heavy (non-hydrogen) atoms. The molecule has 0 spiro atoms. The quantitative estimate of drug-likeness (QED) is 0.770. The van der Waals surface area contributed by atoms with Crippen molar-refractivity contribution in [3.8, 4) is 0 Å². The Labute approximate surface area is 78.8 Å². The highest BCUT2D eigenvalue weighted by atomic mass is 15.2. The maximum Gasteiger partial charge on any atom is 0.152 e. The molecule has 0 atom stereocenters. The average Bonchev–Trinajstić information content (AvgIpc) is 2.03. The molecule has 0 aromatic carbocycles. The molecule has 0 aliphatic heterocycles. The van der Waals surface area contributed by atoms with E-state index in [0.717, 1.165) is 11.5 Å². The van der Waals surface area contributed by atoms with Gasteiger partial charge in [0.05, 0.1) is 0 Å². The molecule has 4 nitrogen and oxygen atoms in total. The molecule has 0 aliphatic rings. The predicted octanol–water partition coefficient (Wildman–Crippen LogP) is 1.82. The van der Waals surface area contributed by atoms with Gasteiger partial charge in [0.15, 0.2) is 5.82 Å². The van der Waals surface area contributed by atoms with Crippen molar-refractivity contribution in [2.45, 2.75) is 39.7 Å². The Bertz CT molecular complexity index is 270. The van der Waals surface area contributed by atoms with Crippen molar-refractivity contribution in [2.75, 3.05) is 5.32 Å². The molecule has 1 N–H and O–H groups in total. The van der Waals surface area contributed by atoms with E-state index in [9.17, 15) is 0 Å². The molecule has 0 fully saturated rings. The number of nitrogens with one attached hydrogen (secondary N) is 1. The summed E-state index contributed by atoms with van der Waals surface area (Å²) >= 11 is 0. The zero-order valence-corrected chi connectivity index (χ0v) is 8.57. The summed E-state index contributed by atoms with van der Waals surface area (Å²) in [6.07, 6.45) is 1.47. The maximum atomic E-state index is 4.16.